The van der Waals surface area contributed by atoms with Gasteiger partial charge in [-0.05, 0) is 11.1 Å². The summed E-state index contributed by atoms with van der Waals surface area (Å²) in [4.78, 5) is 0. The van der Waals surface area contributed by atoms with E-state index >= 15 is 0 Å². The minimum atomic E-state index is -0.350. The first-order chi connectivity index (χ1) is 11.3. The standard InChI is InChI=1S/C17H15N5S/c18-15(13-9-5-2-6-10-13)16-19-20-17-22(16)21-14(11-23-17)12-7-3-1-4-8-12/h1-10,15H,11,18H2. The van der Waals surface area contributed by atoms with Crippen LogP contribution < -0.4 is 5.73 Å². The van der Waals surface area contributed by atoms with E-state index in [-0.39, 0.29) is 6.04 Å². The molecule has 1 aliphatic rings. The fourth-order valence-electron chi connectivity index (χ4n) is 2.52. The maximum atomic E-state index is 6.37. The van der Waals surface area contributed by atoms with Crippen LogP contribution in [-0.2, 0) is 0 Å². The molecule has 2 heterocycles. The fraction of sp³-hybridized carbons (Fsp3) is 0.118. The number of thioether (sulfide) groups is 1. The molecule has 2 aromatic carbocycles. The minimum Gasteiger partial charge on any atom is -0.318 e. The predicted molar refractivity (Wildman–Crippen MR) is 91.6 cm³/mol. The van der Waals surface area contributed by atoms with Gasteiger partial charge in [0.15, 0.2) is 5.82 Å². The minimum absolute atomic E-state index is 0.350. The fourth-order valence-corrected chi connectivity index (χ4v) is 3.36. The van der Waals surface area contributed by atoms with Crippen molar-refractivity contribution >= 4 is 17.5 Å². The average Bonchev–Trinajstić information content (AvgIpc) is 3.05. The van der Waals surface area contributed by atoms with Crippen molar-refractivity contribution in [1.82, 2.24) is 14.9 Å². The van der Waals surface area contributed by atoms with Crippen LogP contribution in [0.3, 0.4) is 0 Å². The Hall–Kier alpha value is -2.44. The summed E-state index contributed by atoms with van der Waals surface area (Å²) in [6.07, 6.45) is 0. The van der Waals surface area contributed by atoms with E-state index in [4.69, 9.17) is 10.8 Å². The van der Waals surface area contributed by atoms with Crippen LogP contribution in [-0.4, -0.2) is 26.3 Å². The topological polar surface area (TPSA) is 69.1 Å². The van der Waals surface area contributed by atoms with Crippen LogP contribution in [0.4, 0.5) is 0 Å². The van der Waals surface area contributed by atoms with E-state index in [0.717, 1.165) is 27.7 Å². The second kappa shape index (κ2) is 5.98. The molecule has 1 atom stereocenters. The molecule has 0 saturated carbocycles. The summed E-state index contributed by atoms with van der Waals surface area (Å²) in [5.41, 5.74) is 9.48. The van der Waals surface area contributed by atoms with E-state index in [9.17, 15) is 0 Å². The van der Waals surface area contributed by atoms with Crippen molar-refractivity contribution in [3.63, 3.8) is 0 Å². The number of nitrogens with zero attached hydrogens (tertiary/aromatic N) is 4. The summed E-state index contributed by atoms with van der Waals surface area (Å²) in [5.74, 6) is 1.44. The van der Waals surface area contributed by atoms with Gasteiger partial charge in [0, 0.05) is 5.75 Å². The Balaban J connectivity index is 1.74. The molecule has 0 bridgehead atoms. The van der Waals surface area contributed by atoms with Crippen LogP contribution >= 0.6 is 11.8 Å². The Morgan fingerprint density at radius 2 is 1.65 bits per heavy atom. The number of nitrogens with two attached hydrogens (primary N) is 1. The number of aromatic nitrogens is 3. The molecule has 1 aliphatic heterocycles. The molecule has 0 aliphatic carbocycles. The normalized spacial score (nSPS) is 14.9. The van der Waals surface area contributed by atoms with Gasteiger partial charge in [-0.25, -0.2) is 0 Å². The molecule has 0 saturated heterocycles. The van der Waals surface area contributed by atoms with Gasteiger partial charge < -0.3 is 5.73 Å². The van der Waals surface area contributed by atoms with Crippen molar-refractivity contribution in [3.05, 3.63) is 77.6 Å². The molecule has 0 radical (unpaired) electrons. The SMILES string of the molecule is NC(c1ccccc1)c1nnc2n1N=C(c1ccccc1)CS2. The lowest BCUT2D eigenvalue weighted by molar-refractivity contribution is 0.666. The maximum Gasteiger partial charge on any atom is 0.212 e. The molecule has 0 fully saturated rings. The highest BCUT2D eigenvalue weighted by Crippen LogP contribution is 2.27. The van der Waals surface area contributed by atoms with Crippen molar-refractivity contribution in [3.8, 4) is 0 Å². The molecule has 0 spiro atoms. The zero-order chi connectivity index (χ0) is 15.6. The first-order valence-corrected chi connectivity index (χ1v) is 8.33. The summed E-state index contributed by atoms with van der Waals surface area (Å²) in [5, 5.41) is 14.0. The Kier molecular flexibility index (Phi) is 3.69. The van der Waals surface area contributed by atoms with Gasteiger partial charge in [-0.3, -0.25) is 0 Å². The third-order valence-corrected chi connectivity index (χ3v) is 4.67. The lowest BCUT2D eigenvalue weighted by atomic mass is 10.1. The van der Waals surface area contributed by atoms with E-state index in [1.165, 1.54) is 0 Å². The van der Waals surface area contributed by atoms with Crippen LogP contribution in [0.1, 0.15) is 23.0 Å². The second-order valence-corrected chi connectivity index (χ2v) is 6.18. The molecule has 3 aromatic rings. The Morgan fingerprint density at radius 1 is 0.957 bits per heavy atom. The van der Waals surface area contributed by atoms with Gasteiger partial charge in [-0.2, -0.15) is 9.78 Å². The zero-order valence-electron chi connectivity index (χ0n) is 12.3. The summed E-state index contributed by atoms with van der Waals surface area (Å²) < 4.78 is 1.77. The van der Waals surface area contributed by atoms with Crippen molar-refractivity contribution < 1.29 is 0 Å². The van der Waals surface area contributed by atoms with Crippen molar-refractivity contribution in [2.24, 2.45) is 10.8 Å². The van der Waals surface area contributed by atoms with E-state index in [2.05, 4.69) is 22.3 Å². The van der Waals surface area contributed by atoms with E-state index < -0.39 is 0 Å². The Bertz CT molecular complexity index is 842. The average molecular weight is 321 g/mol. The van der Waals surface area contributed by atoms with Crippen molar-refractivity contribution in [2.45, 2.75) is 11.2 Å². The van der Waals surface area contributed by atoms with Crippen LogP contribution in [0, 0.1) is 0 Å². The molecule has 0 amide bonds. The number of hydrogen-bond acceptors (Lipinski definition) is 5. The monoisotopic (exact) mass is 321 g/mol. The Labute approximate surface area is 138 Å². The smallest absolute Gasteiger partial charge is 0.212 e. The summed E-state index contributed by atoms with van der Waals surface area (Å²) in [6, 6.07) is 19.7. The number of benzene rings is 2. The first-order valence-electron chi connectivity index (χ1n) is 7.35. The van der Waals surface area contributed by atoms with Gasteiger partial charge in [0.2, 0.25) is 5.16 Å². The lowest BCUT2D eigenvalue weighted by Gasteiger charge is -2.16. The highest BCUT2D eigenvalue weighted by atomic mass is 32.2. The van der Waals surface area contributed by atoms with E-state index in [1.807, 2.05) is 48.5 Å². The second-order valence-electron chi connectivity index (χ2n) is 5.24. The summed E-state index contributed by atoms with van der Waals surface area (Å²) in [7, 11) is 0. The molecular formula is C17H15N5S. The van der Waals surface area contributed by atoms with E-state index in [0.29, 0.717) is 5.82 Å². The van der Waals surface area contributed by atoms with Gasteiger partial charge >= 0.3 is 0 Å². The number of hydrogen-bond donors (Lipinski definition) is 1. The van der Waals surface area contributed by atoms with Gasteiger partial charge in [-0.1, -0.05) is 72.4 Å². The third kappa shape index (κ3) is 2.67. The molecular weight excluding hydrogens is 306 g/mol. The summed E-state index contributed by atoms with van der Waals surface area (Å²) >= 11 is 1.63. The van der Waals surface area contributed by atoms with Gasteiger partial charge in [-0.15, -0.1) is 10.2 Å². The first kappa shape index (κ1) is 14.2. The van der Waals surface area contributed by atoms with Crippen molar-refractivity contribution in [2.75, 3.05) is 5.75 Å². The highest BCUT2D eigenvalue weighted by Gasteiger charge is 2.23. The van der Waals surface area contributed by atoms with E-state index in [1.54, 1.807) is 16.4 Å². The number of rotatable bonds is 3. The van der Waals surface area contributed by atoms with Gasteiger partial charge in [0.05, 0.1) is 11.8 Å². The molecule has 1 aromatic heterocycles. The molecule has 1 unspecified atom stereocenters. The zero-order valence-corrected chi connectivity index (χ0v) is 13.1. The van der Waals surface area contributed by atoms with Gasteiger partial charge in [0.1, 0.15) is 0 Å². The van der Waals surface area contributed by atoms with Crippen molar-refractivity contribution in [1.29, 1.82) is 0 Å². The lowest BCUT2D eigenvalue weighted by Crippen LogP contribution is -2.20. The quantitative estimate of drug-likeness (QED) is 0.805. The molecule has 6 heteroatoms. The molecule has 5 nitrogen and oxygen atoms in total. The molecule has 114 valence electrons. The molecule has 4 rings (SSSR count). The van der Waals surface area contributed by atoms with Gasteiger partial charge in [0.25, 0.3) is 0 Å². The van der Waals surface area contributed by atoms with Crippen LogP contribution in [0.15, 0.2) is 70.9 Å². The Morgan fingerprint density at radius 3 is 2.39 bits per heavy atom. The maximum absolute atomic E-state index is 6.37. The molecule has 23 heavy (non-hydrogen) atoms. The highest BCUT2D eigenvalue weighted by molar-refractivity contribution is 7.99. The van der Waals surface area contributed by atoms with Crippen LogP contribution in [0.5, 0.6) is 0 Å². The third-order valence-electron chi connectivity index (χ3n) is 3.74. The van der Waals surface area contributed by atoms with Crippen LogP contribution in [0.25, 0.3) is 0 Å². The summed E-state index contributed by atoms with van der Waals surface area (Å²) in [6.45, 7) is 0. The predicted octanol–water partition coefficient (Wildman–Crippen LogP) is 2.68. The largest absolute Gasteiger partial charge is 0.318 e. The number of fused-ring (bicyclic) bond motifs is 1. The van der Waals surface area contributed by atoms with Crippen LogP contribution in [0.2, 0.25) is 0 Å². The molecule has 2 N–H and O–H groups in total.